The maximum Gasteiger partial charge on any atom is 0.280 e. The van der Waals surface area contributed by atoms with Gasteiger partial charge in [-0.2, -0.15) is 0 Å². The topological polar surface area (TPSA) is 58.1 Å². The molecule has 0 bridgehead atoms. The summed E-state index contributed by atoms with van der Waals surface area (Å²) in [7, 11) is 1.72. The fourth-order valence-corrected chi connectivity index (χ4v) is 2.01. The third kappa shape index (κ3) is 2.88. The van der Waals surface area contributed by atoms with E-state index in [1.165, 1.54) is 6.20 Å². The van der Waals surface area contributed by atoms with Crippen LogP contribution >= 0.6 is 11.6 Å². The van der Waals surface area contributed by atoms with E-state index < -0.39 is 0 Å². The van der Waals surface area contributed by atoms with Gasteiger partial charge in [-0.3, -0.25) is 9.69 Å². The van der Waals surface area contributed by atoms with Gasteiger partial charge in [0.05, 0.1) is 10.7 Å². The van der Waals surface area contributed by atoms with Gasteiger partial charge in [0.1, 0.15) is 5.82 Å². The lowest BCUT2D eigenvalue weighted by Gasteiger charge is -2.20. The monoisotopic (exact) mass is 290 g/mol. The average Bonchev–Trinajstić information content (AvgIpc) is 2.48. The van der Waals surface area contributed by atoms with E-state index in [4.69, 9.17) is 11.6 Å². The Kier molecular flexibility index (Phi) is 4.53. The molecule has 1 amide bonds. The molecule has 2 rings (SSSR count). The van der Waals surface area contributed by atoms with Crippen molar-refractivity contribution in [3.8, 4) is 0 Å². The van der Waals surface area contributed by atoms with Gasteiger partial charge >= 0.3 is 0 Å². The van der Waals surface area contributed by atoms with Gasteiger partial charge in [0.15, 0.2) is 5.69 Å². The fraction of sp³-hybridized carbons (Fsp3) is 0.214. The Labute approximate surface area is 122 Å². The van der Waals surface area contributed by atoms with Crippen LogP contribution in [0.1, 0.15) is 17.4 Å². The van der Waals surface area contributed by atoms with E-state index in [0.29, 0.717) is 28.8 Å². The molecule has 20 heavy (non-hydrogen) atoms. The first-order chi connectivity index (χ1) is 9.67. The van der Waals surface area contributed by atoms with Gasteiger partial charge < -0.3 is 5.32 Å². The molecule has 2 aromatic heterocycles. The minimum absolute atomic E-state index is 0.216. The zero-order valence-electron chi connectivity index (χ0n) is 11.3. The predicted molar refractivity (Wildman–Crippen MR) is 80.4 cm³/mol. The van der Waals surface area contributed by atoms with Crippen LogP contribution in [-0.4, -0.2) is 29.5 Å². The van der Waals surface area contributed by atoms with E-state index in [1.807, 2.05) is 13.0 Å². The number of amides is 1. The third-order valence-electron chi connectivity index (χ3n) is 2.81. The molecule has 1 N–H and O–H groups in total. The van der Waals surface area contributed by atoms with Crippen molar-refractivity contribution < 1.29 is 4.79 Å². The number of anilines is 2. The van der Waals surface area contributed by atoms with Crippen LogP contribution in [0, 0.1) is 0 Å². The molecule has 2 aromatic rings. The number of carbonyl (C=O) groups is 1. The summed E-state index contributed by atoms with van der Waals surface area (Å²) in [6.07, 6.45) is 3.11. The molecule has 0 aliphatic heterocycles. The summed E-state index contributed by atoms with van der Waals surface area (Å²) in [5.41, 5.74) is 0.918. The molecule has 0 spiro atoms. The average molecular weight is 291 g/mol. The largest absolute Gasteiger partial charge is 0.386 e. The van der Waals surface area contributed by atoms with E-state index in [2.05, 4.69) is 15.3 Å². The lowest BCUT2D eigenvalue weighted by molar-refractivity contribution is 0.0983. The first-order valence-corrected chi connectivity index (χ1v) is 6.61. The number of pyridine rings is 2. The molecule has 0 fully saturated rings. The van der Waals surface area contributed by atoms with E-state index in [-0.39, 0.29) is 5.91 Å². The molecular weight excluding hydrogens is 276 g/mol. The van der Waals surface area contributed by atoms with Crippen molar-refractivity contribution in [1.82, 2.24) is 9.97 Å². The molecule has 5 nitrogen and oxygen atoms in total. The van der Waals surface area contributed by atoms with Crippen LogP contribution in [0.4, 0.5) is 11.5 Å². The number of nitrogens with one attached hydrogen (secondary N) is 1. The SMILES string of the molecule is CCN(C(=O)c1ncc(Cl)cc1NC)c1ccccn1. The van der Waals surface area contributed by atoms with Gasteiger partial charge in [0, 0.05) is 26.0 Å². The summed E-state index contributed by atoms with van der Waals surface area (Å²) in [6, 6.07) is 7.11. The normalized spacial score (nSPS) is 10.2. The van der Waals surface area contributed by atoms with Crippen molar-refractivity contribution in [3.63, 3.8) is 0 Å². The molecule has 2 heterocycles. The van der Waals surface area contributed by atoms with Crippen molar-refractivity contribution in [2.75, 3.05) is 23.8 Å². The van der Waals surface area contributed by atoms with Crippen LogP contribution < -0.4 is 10.2 Å². The highest BCUT2D eigenvalue weighted by Crippen LogP contribution is 2.21. The summed E-state index contributed by atoms with van der Waals surface area (Å²) >= 11 is 5.89. The maximum absolute atomic E-state index is 12.6. The second-order valence-electron chi connectivity index (χ2n) is 4.04. The van der Waals surface area contributed by atoms with E-state index in [0.717, 1.165) is 0 Å². The van der Waals surface area contributed by atoms with Gasteiger partial charge in [-0.05, 0) is 25.1 Å². The van der Waals surface area contributed by atoms with Crippen molar-refractivity contribution in [3.05, 3.63) is 47.4 Å². The molecule has 0 unspecified atom stereocenters. The predicted octanol–water partition coefficient (Wildman–Crippen LogP) is 2.84. The first kappa shape index (κ1) is 14.3. The Morgan fingerprint density at radius 2 is 2.20 bits per heavy atom. The summed E-state index contributed by atoms with van der Waals surface area (Å²) in [4.78, 5) is 22.5. The van der Waals surface area contributed by atoms with Crippen molar-refractivity contribution >= 4 is 29.0 Å². The summed E-state index contributed by atoms with van der Waals surface area (Å²) in [5.74, 6) is 0.381. The first-order valence-electron chi connectivity index (χ1n) is 6.23. The minimum atomic E-state index is -0.216. The molecule has 0 aliphatic rings. The van der Waals surface area contributed by atoms with E-state index in [1.54, 1.807) is 36.3 Å². The standard InChI is InChI=1S/C14H15ClN4O/c1-3-19(12-6-4-5-7-17-12)14(20)13-11(16-2)8-10(15)9-18-13/h4-9,16H,3H2,1-2H3. The van der Waals surface area contributed by atoms with Crippen LogP contribution in [0.2, 0.25) is 5.02 Å². The Morgan fingerprint density at radius 3 is 2.80 bits per heavy atom. The fourth-order valence-electron chi connectivity index (χ4n) is 1.85. The summed E-state index contributed by atoms with van der Waals surface area (Å²) in [6.45, 7) is 2.39. The van der Waals surface area contributed by atoms with Crippen molar-refractivity contribution in [2.45, 2.75) is 6.92 Å². The Bertz CT molecular complexity index is 603. The molecular formula is C14H15ClN4O. The molecule has 0 aliphatic carbocycles. The number of hydrogen-bond acceptors (Lipinski definition) is 4. The quantitative estimate of drug-likeness (QED) is 0.941. The molecule has 104 valence electrons. The summed E-state index contributed by atoms with van der Waals surface area (Å²) in [5, 5.41) is 3.41. The smallest absolute Gasteiger partial charge is 0.280 e. The molecule has 0 saturated carbocycles. The number of rotatable bonds is 4. The van der Waals surface area contributed by atoms with Crippen LogP contribution in [0.15, 0.2) is 36.7 Å². The van der Waals surface area contributed by atoms with Gasteiger partial charge in [0.25, 0.3) is 5.91 Å². The molecule has 0 atom stereocenters. The van der Waals surface area contributed by atoms with Crippen molar-refractivity contribution in [1.29, 1.82) is 0 Å². The highest BCUT2D eigenvalue weighted by molar-refractivity contribution is 6.31. The Hall–Kier alpha value is -2.14. The highest BCUT2D eigenvalue weighted by atomic mass is 35.5. The van der Waals surface area contributed by atoms with Crippen LogP contribution in [-0.2, 0) is 0 Å². The number of nitrogens with zero attached hydrogens (tertiary/aromatic N) is 3. The summed E-state index contributed by atoms with van der Waals surface area (Å²) < 4.78 is 0. The Balaban J connectivity index is 2.39. The minimum Gasteiger partial charge on any atom is -0.386 e. The van der Waals surface area contributed by atoms with Gasteiger partial charge in [-0.25, -0.2) is 9.97 Å². The number of halogens is 1. The molecule has 0 saturated heterocycles. The van der Waals surface area contributed by atoms with E-state index >= 15 is 0 Å². The van der Waals surface area contributed by atoms with Gasteiger partial charge in [0.2, 0.25) is 0 Å². The van der Waals surface area contributed by atoms with E-state index in [9.17, 15) is 4.79 Å². The van der Waals surface area contributed by atoms with Gasteiger partial charge in [-0.15, -0.1) is 0 Å². The number of hydrogen-bond donors (Lipinski definition) is 1. The molecule has 0 aromatic carbocycles. The lowest BCUT2D eigenvalue weighted by atomic mass is 10.2. The molecule has 0 radical (unpaired) electrons. The van der Waals surface area contributed by atoms with Crippen LogP contribution in [0.5, 0.6) is 0 Å². The van der Waals surface area contributed by atoms with Crippen LogP contribution in [0.25, 0.3) is 0 Å². The van der Waals surface area contributed by atoms with Gasteiger partial charge in [-0.1, -0.05) is 17.7 Å². The lowest BCUT2D eigenvalue weighted by Crippen LogP contribution is -2.32. The number of aromatic nitrogens is 2. The second kappa shape index (κ2) is 6.34. The zero-order chi connectivity index (χ0) is 14.5. The van der Waals surface area contributed by atoms with Crippen LogP contribution in [0.3, 0.4) is 0 Å². The third-order valence-corrected chi connectivity index (χ3v) is 3.02. The zero-order valence-corrected chi connectivity index (χ0v) is 12.1. The second-order valence-corrected chi connectivity index (χ2v) is 4.47. The molecule has 6 heteroatoms. The van der Waals surface area contributed by atoms with Crippen molar-refractivity contribution in [2.24, 2.45) is 0 Å². The Morgan fingerprint density at radius 1 is 1.40 bits per heavy atom. The number of carbonyl (C=O) groups excluding carboxylic acids is 1. The highest BCUT2D eigenvalue weighted by Gasteiger charge is 2.21. The maximum atomic E-state index is 12.6.